The summed E-state index contributed by atoms with van der Waals surface area (Å²) in [5.74, 6) is -0.796. The second-order valence-electron chi connectivity index (χ2n) is 1.03. The number of thiol groups is 2. The van der Waals surface area contributed by atoms with Gasteiger partial charge in [0.05, 0.1) is 0 Å². The van der Waals surface area contributed by atoms with Crippen LogP contribution < -0.4 is 0 Å². The smallest absolute Gasteiger partial charge is 0.361 e. The summed E-state index contributed by atoms with van der Waals surface area (Å²) in [5, 5.41) is 9.18. The Bertz CT molecular complexity index is 181. The summed E-state index contributed by atoms with van der Waals surface area (Å²) in [5.41, 5.74) is -0.173. The van der Waals surface area contributed by atoms with Gasteiger partial charge in [0.2, 0.25) is 0 Å². The first-order valence-electron chi connectivity index (χ1n) is 1.86. The Balaban J connectivity index is 4.19. The first-order valence-corrected chi connectivity index (χ1v) is 2.74. The summed E-state index contributed by atoms with van der Waals surface area (Å²) in [6.07, 6.45) is 0. The van der Waals surface area contributed by atoms with Crippen LogP contribution in [0.1, 0.15) is 0 Å². The highest BCUT2D eigenvalue weighted by Crippen LogP contribution is 1.98. The Labute approximate surface area is 63.3 Å². The maximum atomic E-state index is 10.3. The zero-order valence-corrected chi connectivity index (χ0v) is 6.02. The fourth-order valence-electron chi connectivity index (χ4n) is 0.176. The average Bonchev–Trinajstić information content (AvgIpc) is 1.90. The number of nitriles is 1. The zero-order chi connectivity index (χ0) is 7.28. The second kappa shape index (κ2) is 4.30. The topological polar surface area (TPSA) is 50.1 Å². The third kappa shape index (κ3) is 2.44. The molecule has 0 aromatic heterocycles. The van der Waals surface area contributed by atoms with E-state index in [-0.39, 0.29) is 5.57 Å². The van der Waals surface area contributed by atoms with E-state index in [1.54, 1.807) is 6.07 Å². The lowest BCUT2D eigenvalue weighted by Gasteiger charge is -1.88. The van der Waals surface area contributed by atoms with E-state index in [1.807, 2.05) is 0 Å². The van der Waals surface area contributed by atoms with Gasteiger partial charge in [-0.1, -0.05) is 0 Å². The Morgan fingerprint density at radius 2 is 2.33 bits per heavy atom. The fraction of sp³-hybridized carbons (Fsp3) is 0. The van der Waals surface area contributed by atoms with E-state index >= 15 is 0 Å². The average molecular weight is 161 g/mol. The van der Waals surface area contributed by atoms with Crippen LogP contribution in [0.3, 0.4) is 0 Å². The Morgan fingerprint density at radius 1 is 1.78 bits per heavy atom. The molecule has 0 aromatic carbocycles. The Kier molecular flexibility index (Phi) is 4.01. The third-order valence-electron chi connectivity index (χ3n) is 0.552. The van der Waals surface area contributed by atoms with Crippen molar-refractivity contribution in [3.05, 3.63) is 11.0 Å². The van der Waals surface area contributed by atoms with Crippen LogP contribution in [0.15, 0.2) is 11.0 Å². The van der Waals surface area contributed by atoms with Crippen LogP contribution in [-0.2, 0) is 8.98 Å². The van der Waals surface area contributed by atoms with Crippen LogP contribution in [0.5, 0.6) is 0 Å². The highest BCUT2D eigenvalue weighted by atomic mass is 32.1. The quantitative estimate of drug-likeness (QED) is 0.258. The molecule has 0 saturated heterocycles. The number of carbonyl (C=O) groups excluding carboxylic acids is 1. The molecule has 0 bridgehead atoms. The van der Waals surface area contributed by atoms with Gasteiger partial charge in [-0.3, -0.25) is 0 Å². The number of hydrogen-bond acceptors (Lipinski definition) is 5. The van der Waals surface area contributed by atoms with Crippen LogP contribution in [-0.4, -0.2) is 5.97 Å². The van der Waals surface area contributed by atoms with E-state index < -0.39 is 5.97 Å². The van der Waals surface area contributed by atoms with Crippen LogP contribution in [0.25, 0.3) is 0 Å². The highest BCUT2D eigenvalue weighted by Gasteiger charge is 2.06. The molecule has 0 heterocycles. The summed E-state index contributed by atoms with van der Waals surface area (Å²) >= 11 is 6.76. The third-order valence-corrected chi connectivity index (χ3v) is 0.976. The molecule has 0 aliphatic carbocycles. The standard InChI is InChI=1S/C4H3NO2S2/c5-1-3(2-8)4(6)7-9/h2,8-9H. The summed E-state index contributed by atoms with van der Waals surface area (Å²) in [7, 11) is 0. The predicted molar refractivity (Wildman–Crippen MR) is 37.8 cm³/mol. The molecule has 0 saturated carbocycles. The van der Waals surface area contributed by atoms with E-state index in [1.165, 1.54) is 0 Å². The first kappa shape index (κ1) is 8.40. The van der Waals surface area contributed by atoms with E-state index in [2.05, 4.69) is 29.7 Å². The molecule has 5 heteroatoms. The van der Waals surface area contributed by atoms with Gasteiger partial charge in [-0.15, -0.1) is 12.6 Å². The summed E-state index contributed by atoms with van der Waals surface area (Å²) in [6, 6.07) is 1.56. The summed E-state index contributed by atoms with van der Waals surface area (Å²) in [4.78, 5) is 10.3. The number of hydrogen-bond donors (Lipinski definition) is 2. The molecule has 0 radical (unpaired) electrons. The molecule has 0 rings (SSSR count). The van der Waals surface area contributed by atoms with Gasteiger partial charge in [-0.05, 0) is 5.41 Å². The molecular formula is C4H3NO2S2. The SMILES string of the molecule is N#CC(=CS)C(=O)OS. The predicted octanol–water partition coefficient (Wildman–Crippen LogP) is 0.712. The van der Waals surface area contributed by atoms with Gasteiger partial charge in [0.25, 0.3) is 0 Å². The lowest BCUT2D eigenvalue weighted by atomic mass is 10.3. The number of carbonyl (C=O) groups is 1. The molecular weight excluding hydrogens is 158 g/mol. The maximum absolute atomic E-state index is 10.3. The van der Waals surface area contributed by atoms with Crippen LogP contribution >= 0.6 is 25.5 Å². The largest absolute Gasteiger partial charge is 0.390 e. The molecule has 0 fully saturated rings. The van der Waals surface area contributed by atoms with Crippen molar-refractivity contribution < 1.29 is 8.98 Å². The van der Waals surface area contributed by atoms with Gasteiger partial charge in [0.15, 0.2) is 0 Å². The van der Waals surface area contributed by atoms with Crippen LogP contribution in [0.2, 0.25) is 0 Å². The van der Waals surface area contributed by atoms with Crippen molar-refractivity contribution >= 4 is 31.5 Å². The van der Waals surface area contributed by atoms with E-state index in [0.29, 0.717) is 0 Å². The molecule has 0 spiro atoms. The van der Waals surface area contributed by atoms with Gasteiger partial charge < -0.3 is 4.18 Å². The van der Waals surface area contributed by atoms with Crippen molar-refractivity contribution in [3.8, 4) is 6.07 Å². The Morgan fingerprint density at radius 3 is 2.44 bits per heavy atom. The van der Waals surface area contributed by atoms with E-state index in [9.17, 15) is 4.79 Å². The summed E-state index contributed by atoms with van der Waals surface area (Å²) in [6.45, 7) is 0. The minimum absolute atomic E-state index is 0.173. The number of nitrogens with zero attached hydrogens (tertiary/aromatic N) is 1. The van der Waals surface area contributed by atoms with Gasteiger partial charge in [0.1, 0.15) is 11.6 Å². The minimum Gasteiger partial charge on any atom is -0.390 e. The van der Waals surface area contributed by atoms with Crippen LogP contribution in [0.4, 0.5) is 0 Å². The molecule has 48 valence electrons. The van der Waals surface area contributed by atoms with E-state index in [4.69, 9.17) is 5.26 Å². The summed E-state index contributed by atoms with van der Waals surface area (Å²) < 4.78 is 3.91. The highest BCUT2D eigenvalue weighted by molar-refractivity contribution is 7.83. The van der Waals surface area contributed by atoms with Gasteiger partial charge in [0, 0.05) is 12.9 Å². The molecule has 0 N–H and O–H groups in total. The lowest BCUT2D eigenvalue weighted by molar-refractivity contribution is -0.128. The second-order valence-corrected chi connectivity index (χ2v) is 1.47. The van der Waals surface area contributed by atoms with Crippen LogP contribution in [0, 0.1) is 11.3 Å². The molecule has 0 aromatic rings. The maximum Gasteiger partial charge on any atom is 0.361 e. The van der Waals surface area contributed by atoms with Crippen molar-refractivity contribution in [2.75, 3.05) is 0 Å². The van der Waals surface area contributed by atoms with Crippen molar-refractivity contribution in [1.82, 2.24) is 0 Å². The molecule has 0 unspecified atom stereocenters. The molecule has 9 heavy (non-hydrogen) atoms. The van der Waals surface area contributed by atoms with E-state index in [0.717, 1.165) is 5.41 Å². The van der Waals surface area contributed by atoms with Crippen molar-refractivity contribution in [3.63, 3.8) is 0 Å². The minimum atomic E-state index is -0.796. The van der Waals surface area contributed by atoms with Crippen molar-refractivity contribution in [2.45, 2.75) is 0 Å². The molecule has 0 amide bonds. The molecule has 3 nitrogen and oxygen atoms in total. The van der Waals surface area contributed by atoms with Crippen molar-refractivity contribution in [1.29, 1.82) is 5.26 Å². The normalized spacial score (nSPS) is 10.1. The lowest BCUT2D eigenvalue weighted by Crippen LogP contribution is -1.98. The van der Waals surface area contributed by atoms with Gasteiger partial charge in [-0.25, -0.2) is 4.79 Å². The van der Waals surface area contributed by atoms with Crippen molar-refractivity contribution in [2.24, 2.45) is 0 Å². The number of rotatable bonds is 1. The molecule has 0 aliphatic heterocycles. The molecule has 0 aliphatic rings. The zero-order valence-electron chi connectivity index (χ0n) is 4.24. The molecule has 0 atom stereocenters. The monoisotopic (exact) mass is 161 g/mol. The fourth-order valence-corrected chi connectivity index (χ4v) is 0.438. The van der Waals surface area contributed by atoms with Gasteiger partial charge in [-0.2, -0.15) is 5.26 Å². The first-order chi connectivity index (χ1) is 4.26. The van der Waals surface area contributed by atoms with Gasteiger partial charge >= 0.3 is 5.97 Å². The Hall–Kier alpha value is -0.600.